The minimum atomic E-state index is -0.237. The third-order valence-corrected chi connectivity index (χ3v) is 16.7. The molecule has 1 aliphatic heterocycles. The number of hydrogen-bond acceptors (Lipinski definition) is 3. The molecule has 0 bridgehead atoms. The van der Waals surface area contributed by atoms with E-state index in [1.54, 1.807) is 0 Å². The number of hydrogen-bond donors (Lipinski definition) is 0. The van der Waals surface area contributed by atoms with Gasteiger partial charge >= 0.3 is 0 Å². The molecule has 0 spiro atoms. The maximum Gasteiger partial charge on any atom is 0.155 e. The van der Waals surface area contributed by atoms with E-state index in [0.717, 1.165) is 34.8 Å². The minimum absolute atomic E-state index is 0.0199. The fraction of sp³-hybridized carbons (Fsp3) is 0.0588. The molecular formula is C68H46N4S. The van der Waals surface area contributed by atoms with E-state index in [4.69, 9.17) is 9.98 Å². The van der Waals surface area contributed by atoms with E-state index in [9.17, 15) is 0 Å². The van der Waals surface area contributed by atoms with Crippen molar-refractivity contribution >= 4 is 108 Å². The Balaban J connectivity index is 0.988. The zero-order valence-electron chi connectivity index (χ0n) is 40.1. The number of thiophene rings is 1. The van der Waals surface area contributed by atoms with Crippen molar-refractivity contribution in [1.82, 2.24) is 9.13 Å². The predicted octanol–water partition coefficient (Wildman–Crippen LogP) is 18.2. The third kappa shape index (κ3) is 6.59. The molecule has 5 heteroatoms. The Morgan fingerprint density at radius 3 is 1.86 bits per heavy atom. The highest BCUT2D eigenvalue weighted by Crippen LogP contribution is 2.47. The van der Waals surface area contributed by atoms with E-state index in [1.807, 2.05) is 11.3 Å². The molecule has 2 unspecified atom stereocenters. The Kier molecular flexibility index (Phi) is 9.51. The first-order valence-electron chi connectivity index (χ1n) is 25.4. The number of para-hydroxylation sites is 2. The molecule has 2 atom stereocenters. The molecule has 3 aromatic heterocycles. The lowest BCUT2D eigenvalue weighted by Gasteiger charge is -2.30. The molecule has 4 nitrogen and oxygen atoms in total. The van der Waals surface area contributed by atoms with Gasteiger partial charge in [0.2, 0.25) is 0 Å². The van der Waals surface area contributed by atoms with Gasteiger partial charge in [0, 0.05) is 54.2 Å². The summed E-state index contributed by atoms with van der Waals surface area (Å²) in [6, 6.07) is 86.6. The number of aromatic nitrogens is 2. The number of rotatable bonds is 7. The molecule has 0 aliphatic carbocycles. The molecule has 11 aromatic carbocycles. The van der Waals surface area contributed by atoms with Gasteiger partial charge in [-0.05, 0) is 117 Å². The monoisotopic (exact) mass is 950 g/mol. The van der Waals surface area contributed by atoms with Crippen LogP contribution in [0.25, 0.3) is 108 Å². The van der Waals surface area contributed by atoms with E-state index in [-0.39, 0.29) is 12.0 Å². The van der Waals surface area contributed by atoms with E-state index in [0.29, 0.717) is 0 Å². The molecule has 0 fully saturated rings. The molecule has 0 saturated carbocycles. The molecule has 0 amide bonds. The SMILES string of the molecule is CCC1C(c2ccc3c(c2)c2ccccc2n3-c2ccccc2)=NC(c2ccc(-c3ccccc3)cc2)=NC1c1cc(-n2c3cc4ccccc4cc3c3c4ccccc4ccc32)c2sc3ccccc3c2c1. The van der Waals surface area contributed by atoms with Crippen molar-refractivity contribution in [2.45, 2.75) is 19.4 Å². The highest BCUT2D eigenvalue weighted by Gasteiger charge is 2.34. The fourth-order valence-electron chi connectivity index (χ4n) is 12.1. The van der Waals surface area contributed by atoms with Crippen molar-refractivity contribution in [2.75, 3.05) is 0 Å². The van der Waals surface area contributed by atoms with Gasteiger partial charge in [0.15, 0.2) is 5.84 Å². The third-order valence-electron chi connectivity index (χ3n) is 15.5. The summed E-state index contributed by atoms with van der Waals surface area (Å²) in [7, 11) is 0. The van der Waals surface area contributed by atoms with Gasteiger partial charge in [0.05, 0.1) is 44.2 Å². The lowest BCUT2D eigenvalue weighted by Crippen LogP contribution is -2.28. The van der Waals surface area contributed by atoms with Crippen LogP contribution in [0.2, 0.25) is 0 Å². The summed E-state index contributed by atoms with van der Waals surface area (Å²) in [6.45, 7) is 2.31. The Labute approximate surface area is 426 Å². The lowest BCUT2D eigenvalue weighted by atomic mass is 9.82. The average molecular weight is 951 g/mol. The first-order chi connectivity index (χ1) is 36.1. The molecule has 4 heterocycles. The van der Waals surface area contributed by atoms with Crippen LogP contribution in [0.5, 0.6) is 0 Å². The summed E-state index contributed by atoms with van der Waals surface area (Å²) in [5.41, 5.74) is 13.8. The Hall–Kier alpha value is -8.90. The van der Waals surface area contributed by atoms with Gasteiger partial charge in [-0.2, -0.15) is 0 Å². The summed E-state index contributed by atoms with van der Waals surface area (Å²) >= 11 is 1.89. The molecular weight excluding hydrogens is 905 g/mol. The number of aliphatic imine (C=N–C) groups is 2. The van der Waals surface area contributed by atoms with Crippen molar-refractivity contribution in [3.8, 4) is 22.5 Å². The summed E-state index contributed by atoms with van der Waals surface area (Å²) < 4.78 is 7.49. The highest BCUT2D eigenvalue weighted by molar-refractivity contribution is 7.26. The first kappa shape index (κ1) is 41.8. The summed E-state index contributed by atoms with van der Waals surface area (Å²) in [5, 5.41) is 12.5. The van der Waals surface area contributed by atoms with Crippen LogP contribution in [-0.2, 0) is 0 Å². The molecule has 15 rings (SSSR count). The normalized spacial score (nSPS) is 15.1. The number of amidine groups is 1. The maximum absolute atomic E-state index is 5.83. The number of benzene rings is 11. The van der Waals surface area contributed by atoms with Gasteiger partial charge in [0.1, 0.15) is 0 Å². The second-order valence-electron chi connectivity index (χ2n) is 19.5. The smallest absolute Gasteiger partial charge is 0.155 e. The van der Waals surface area contributed by atoms with Gasteiger partial charge in [-0.1, -0.05) is 177 Å². The summed E-state index contributed by atoms with van der Waals surface area (Å²) in [6.07, 6.45) is 0.849. The molecule has 73 heavy (non-hydrogen) atoms. The quantitative estimate of drug-likeness (QED) is 0.153. The molecule has 0 radical (unpaired) electrons. The Morgan fingerprint density at radius 1 is 0.425 bits per heavy atom. The van der Waals surface area contributed by atoms with Crippen LogP contribution in [0.4, 0.5) is 0 Å². The van der Waals surface area contributed by atoms with E-state index in [2.05, 4.69) is 253 Å². The molecule has 1 aliphatic rings. The van der Waals surface area contributed by atoms with Crippen LogP contribution in [0.3, 0.4) is 0 Å². The Bertz CT molecular complexity index is 4590. The van der Waals surface area contributed by atoms with Crippen molar-refractivity contribution in [2.24, 2.45) is 15.9 Å². The summed E-state index contributed by atoms with van der Waals surface area (Å²) in [5.74, 6) is 0.733. The lowest BCUT2D eigenvalue weighted by molar-refractivity contribution is 0.533. The standard InChI is InChI=1S/C68H46N4S/c1-2-51-65(48-34-35-59-55(38-48)53-25-13-15-27-58(53)71(59)50-22-7-4-8-23-50)69-68(45-31-29-43(30-32-45)42-17-5-3-6-18-42)70-66(51)49-39-56-54-26-14-16-28-63(54)73-67(56)62(41-49)72-60-36-33-44-19-11-12-24-52(44)64(60)57-37-46-20-9-10-21-47(46)40-61(57)72/h3-41,51,66H,2H2,1H3. The number of fused-ring (bicyclic) bond motifs is 12. The van der Waals surface area contributed by atoms with E-state index >= 15 is 0 Å². The van der Waals surface area contributed by atoms with E-state index < -0.39 is 0 Å². The zero-order valence-corrected chi connectivity index (χ0v) is 40.9. The first-order valence-corrected chi connectivity index (χ1v) is 26.2. The van der Waals surface area contributed by atoms with Gasteiger partial charge in [-0.3, -0.25) is 4.99 Å². The van der Waals surface area contributed by atoms with E-state index in [1.165, 1.54) is 108 Å². The largest absolute Gasteiger partial charge is 0.309 e. The Morgan fingerprint density at radius 2 is 1.05 bits per heavy atom. The molecule has 14 aromatic rings. The zero-order chi connectivity index (χ0) is 48.1. The van der Waals surface area contributed by atoms with Crippen LogP contribution in [0, 0.1) is 5.92 Å². The van der Waals surface area contributed by atoms with Crippen LogP contribution in [0.15, 0.2) is 247 Å². The fourth-order valence-corrected chi connectivity index (χ4v) is 13.3. The van der Waals surface area contributed by atoms with Gasteiger partial charge < -0.3 is 9.13 Å². The van der Waals surface area contributed by atoms with Gasteiger partial charge in [-0.25, -0.2) is 4.99 Å². The van der Waals surface area contributed by atoms with Crippen LogP contribution in [-0.4, -0.2) is 20.7 Å². The van der Waals surface area contributed by atoms with Crippen molar-refractivity contribution in [3.63, 3.8) is 0 Å². The van der Waals surface area contributed by atoms with Gasteiger partial charge in [-0.15, -0.1) is 11.3 Å². The second kappa shape index (κ2) is 16.6. The molecule has 0 N–H and O–H groups in total. The second-order valence-corrected chi connectivity index (χ2v) is 20.6. The van der Waals surface area contributed by atoms with Gasteiger partial charge in [0.25, 0.3) is 0 Å². The van der Waals surface area contributed by atoms with Crippen molar-refractivity contribution < 1.29 is 0 Å². The maximum atomic E-state index is 5.83. The van der Waals surface area contributed by atoms with Crippen molar-refractivity contribution in [3.05, 3.63) is 253 Å². The summed E-state index contributed by atoms with van der Waals surface area (Å²) in [4.78, 5) is 11.5. The van der Waals surface area contributed by atoms with Crippen LogP contribution in [0.1, 0.15) is 36.1 Å². The van der Waals surface area contributed by atoms with Crippen molar-refractivity contribution in [1.29, 1.82) is 0 Å². The minimum Gasteiger partial charge on any atom is -0.309 e. The average Bonchev–Trinajstić information content (AvgIpc) is 4.12. The number of nitrogens with zero attached hydrogens (tertiary/aromatic N) is 4. The van der Waals surface area contributed by atoms with Crippen LogP contribution >= 0.6 is 11.3 Å². The highest BCUT2D eigenvalue weighted by atomic mass is 32.1. The molecule has 0 saturated heterocycles. The molecule has 344 valence electrons. The van der Waals surface area contributed by atoms with Crippen LogP contribution < -0.4 is 0 Å². The topological polar surface area (TPSA) is 34.6 Å². The predicted molar refractivity (Wildman–Crippen MR) is 311 cm³/mol.